The number of benzene rings is 1. The van der Waals surface area contributed by atoms with Crippen molar-refractivity contribution in [1.82, 2.24) is 0 Å². The molecule has 112 valence electrons. The predicted molar refractivity (Wildman–Crippen MR) is 79.7 cm³/mol. The Morgan fingerprint density at radius 2 is 1.86 bits per heavy atom. The number of carboxylic acid groups (broad SMARTS) is 1. The third-order valence-corrected chi connectivity index (χ3v) is 5.65. The quantitative estimate of drug-likeness (QED) is 0.861. The fourth-order valence-corrected chi connectivity index (χ4v) is 4.53. The molecule has 5 heteroatoms. The normalized spacial score (nSPS) is 30.3. The number of aliphatic carboxylic acids is 1. The second-order valence-electron chi connectivity index (χ2n) is 5.89. The number of hydrogen-bond donors (Lipinski definition) is 1. The lowest BCUT2D eigenvalue weighted by Crippen LogP contribution is -2.44. The minimum atomic E-state index is -1.07. The fourth-order valence-electron chi connectivity index (χ4n) is 3.97. The number of thioether (sulfide) groups is 1. The number of carbonyl (C=O) groups excluding carboxylic acids is 2. The summed E-state index contributed by atoms with van der Waals surface area (Å²) in [5.41, 5.74) is 0.759. The lowest BCUT2D eigenvalue weighted by Gasteiger charge is -2.30. The number of carboxylic acids is 1. The predicted octanol–water partition coefficient (Wildman–Crippen LogP) is 1.76. The van der Waals surface area contributed by atoms with Gasteiger partial charge in [-0.1, -0.05) is 12.1 Å². The van der Waals surface area contributed by atoms with Crippen LogP contribution in [0.1, 0.15) is 19.3 Å². The number of para-hydroxylation sites is 1. The highest BCUT2D eigenvalue weighted by Gasteiger charge is 2.51. The molecule has 2 aliphatic rings. The highest BCUT2D eigenvalue weighted by Crippen LogP contribution is 2.52. The molecule has 2 bridgehead atoms. The van der Waals surface area contributed by atoms with Crippen molar-refractivity contribution < 1.29 is 14.7 Å². The highest BCUT2D eigenvalue weighted by molar-refractivity contribution is 7.98. The van der Waals surface area contributed by atoms with E-state index in [9.17, 15) is 14.7 Å². The van der Waals surface area contributed by atoms with Gasteiger partial charge in [-0.3, -0.25) is 4.79 Å². The molecule has 0 unspecified atom stereocenters. The number of anilines is 1. The molecule has 1 amide bonds. The molecule has 0 radical (unpaired) electrons. The van der Waals surface area contributed by atoms with Gasteiger partial charge in [-0.15, -0.1) is 11.8 Å². The fraction of sp³-hybridized carbons (Fsp3) is 0.500. The molecule has 21 heavy (non-hydrogen) atoms. The van der Waals surface area contributed by atoms with Crippen molar-refractivity contribution in [2.75, 3.05) is 11.6 Å². The summed E-state index contributed by atoms with van der Waals surface area (Å²) in [7, 11) is 0. The van der Waals surface area contributed by atoms with E-state index in [1.165, 1.54) is 0 Å². The minimum Gasteiger partial charge on any atom is -0.550 e. The minimum absolute atomic E-state index is 0.117. The van der Waals surface area contributed by atoms with E-state index in [4.69, 9.17) is 0 Å². The second-order valence-corrected chi connectivity index (χ2v) is 6.74. The van der Waals surface area contributed by atoms with E-state index in [2.05, 4.69) is 5.32 Å². The molecule has 0 heterocycles. The highest BCUT2D eigenvalue weighted by atomic mass is 32.2. The van der Waals surface area contributed by atoms with Gasteiger partial charge in [0.1, 0.15) is 0 Å². The van der Waals surface area contributed by atoms with Crippen LogP contribution in [0.25, 0.3) is 0 Å². The Labute approximate surface area is 128 Å². The Balaban J connectivity index is 1.80. The monoisotopic (exact) mass is 304 g/mol. The van der Waals surface area contributed by atoms with Crippen LogP contribution in [0.4, 0.5) is 5.69 Å². The summed E-state index contributed by atoms with van der Waals surface area (Å²) < 4.78 is 0. The lowest BCUT2D eigenvalue weighted by atomic mass is 9.78. The first-order chi connectivity index (χ1) is 10.1. The summed E-state index contributed by atoms with van der Waals surface area (Å²) in [6.45, 7) is 0. The van der Waals surface area contributed by atoms with Gasteiger partial charge in [0, 0.05) is 22.7 Å². The van der Waals surface area contributed by atoms with Crippen LogP contribution in [-0.2, 0) is 9.59 Å². The SMILES string of the molecule is CSc1ccccc1NC(=O)[C@H]1[C@@H]2CC[C@@H](C2)[C@@H]1C(=O)[O-]. The Morgan fingerprint density at radius 1 is 1.19 bits per heavy atom. The van der Waals surface area contributed by atoms with Gasteiger partial charge >= 0.3 is 0 Å². The van der Waals surface area contributed by atoms with Crippen LogP contribution >= 0.6 is 11.8 Å². The smallest absolute Gasteiger partial charge is 0.228 e. The van der Waals surface area contributed by atoms with Crippen molar-refractivity contribution in [3.63, 3.8) is 0 Å². The summed E-state index contributed by atoms with van der Waals surface area (Å²) in [4.78, 5) is 24.9. The number of rotatable bonds is 4. The van der Waals surface area contributed by atoms with E-state index in [0.717, 1.165) is 29.8 Å². The van der Waals surface area contributed by atoms with Crippen molar-refractivity contribution in [1.29, 1.82) is 0 Å². The molecule has 2 saturated carbocycles. The number of nitrogens with one attached hydrogen (secondary N) is 1. The molecular weight excluding hydrogens is 286 g/mol. The number of carbonyl (C=O) groups is 2. The van der Waals surface area contributed by atoms with E-state index in [-0.39, 0.29) is 17.7 Å². The van der Waals surface area contributed by atoms with Crippen LogP contribution in [0.5, 0.6) is 0 Å². The third-order valence-electron chi connectivity index (χ3n) is 4.86. The van der Waals surface area contributed by atoms with Crippen molar-refractivity contribution in [2.45, 2.75) is 24.2 Å². The van der Waals surface area contributed by atoms with Crippen LogP contribution in [0.3, 0.4) is 0 Å². The topological polar surface area (TPSA) is 69.2 Å². The average molecular weight is 304 g/mol. The molecule has 0 spiro atoms. The van der Waals surface area contributed by atoms with Crippen molar-refractivity contribution >= 4 is 29.3 Å². The standard InChI is InChI=1S/C16H19NO3S/c1-21-12-5-3-2-4-11(12)17-15(18)13-9-6-7-10(8-9)14(13)16(19)20/h2-5,9-10,13-14H,6-8H2,1H3,(H,17,18)(H,19,20)/p-1/t9-,10+,13+,14+/m1/s1. The molecule has 2 fully saturated rings. The number of hydrogen-bond acceptors (Lipinski definition) is 4. The van der Waals surface area contributed by atoms with E-state index < -0.39 is 17.8 Å². The second kappa shape index (κ2) is 5.72. The molecule has 0 aromatic heterocycles. The maximum Gasteiger partial charge on any atom is 0.228 e. The Morgan fingerprint density at radius 3 is 2.52 bits per heavy atom. The van der Waals surface area contributed by atoms with Crippen LogP contribution in [0.15, 0.2) is 29.2 Å². The molecule has 2 aliphatic carbocycles. The zero-order valence-electron chi connectivity index (χ0n) is 11.9. The molecule has 0 saturated heterocycles. The molecule has 1 aromatic carbocycles. The van der Waals surface area contributed by atoms with Crippen molar-refractivity contribution in [3.8, 4) is 0 Å². The largest absolute Gasteiger partial charge is 0.550 e. The summed E-state index contributed by atoms with van der Waals surface area (Å²) in [6, 6.07) is 7.58. The maximum atomic E-state index is 12.6. The average Bonchev–Trinajstić information content (AvgIpc) is 3.08. The maximum absolute atomic E-state index is 12.6. The van der Waals surface area contributed by atoms with Gasteiger partial charge in [-0.25, -0.2) is 0 Å². The van der Waals surface area contributed by atoms with Crippen LogP contribution in [-0.4, -0.2) is 18.1 Å². The van der Waals surface area contributed by atoms with Crippen molar-refractivity contribution in [2.24, 2.45) is 23.7 Å². The van der Waals surface area contributed by atoms with E-state index in [1.54, 1.807) is 11.8 Å². The molecule has 3 rings (SSSR count). The zero-order valence-corrected chi connectivity index (χ0v) is 12.7. The van der Waals surface area contributed by atoms with Gasteiger partial charge in [0.2, 0.25) is 5.91 Å². The van der Waals surface area contributed by atoms with E-state index in [0.29, 0.717) is 0 Å². The molecular formula is C16H18NO3S-. The zero-order chi connectivity index (χ0) is 15.0. The van der Waals surface area contributed by atoms with E-state index in [1.807, 2.05) is 30.5 Å². The van der Waals surface area contributed by atoms with Gasteiger partial charge in [0.05, 0.1) is 5.69 Å². The molecule has 4 nitrogen and oxygen atoms in total. The summed E-state index contributed by atoms with van der Waals surface area (Å²) in [6.07, 6.45) is 4.67. The summed E-state index contributed by atoms with van der Waals surface area (Å²) in [5.74, 6) is -1.99. The first-order valence-corrected chi connectivity index (χ1v) is 8.49. The van der Waals surface area contributed by atoms with Crippen molar-refractivity contribution in [3.05, 3.63) is 24.3 Å². The molecule has 0 aliphatic heterocycles. The Bertz CT molecular complexity index is 574. The lowest BCUT2D eigenvalue weighted by molar-refractivity contribution is -0.314. The van der Waals surface area contributed by atoms with Gasteiger partial charge < -0.3 is 15.2 Å². The Hall–Kier alpha value is -1.49. The summed E-state index contributed by atoms with van der Waals surface area (Å²) in [5, 5.41) is 14.3. The molecule has 1 N–H and O–H groups in total. The van der Waals surface area contributed by atoms with Crippen LogP contribution < -0.4 is 10.4 Å². The first kappa shape index (κ1) is 14.4. The van der Waals surface area contributed by atoms with Crippen LogP contribution in [0, 0.1) is 23.7 Å². The molecule has 1 aromatic rings. The van der Waals surface area contributed by atoms with Gasteiger partial charge in [-0.2, -0.15) is 0 Å². The summed E-state index contributed by atoms with van der Waals surface area (Å²) >= 11 is 1.56. The first-order valence-electron chi connectivity index (χ1n) is 7.26. The van der Waals surface area contributed by atoms with Gasteiger partial charge in [-0.05, 0) is 49.5 Å². The number of amides is 1. The number of fused-ring (bicyclic) bond motifs is 2. The molecule has 4 atom stereocenters. The van der Waals surface area contributed by atoms with E-state index >= 15 is 0 Å². The van der Waals surface area contributed by atoms with Gasteiger partial charge in [0.15, 0.2) is 0 Å². The van der Waals surface area contributed by atoms with Crippen LogP contribution in [0.2, 0.25) is 0 Å². The van der Waals surface area contributed by atoms with Gasteiger partial charge in [0.25, 0.3) is 0 Å². The third kappa shape index (κ3) is 2.55. The Kier molecular flexibility index (Phi) is 3.93.